The molecule has 1 rings (SSSR count). The third-order valence-electron chi connectivity index (χ3n) is 11.2. The zero-order chi connectivity index (χ0) is 41.6. The fourth-order valence-corrected chi connectivity index (χ4v) is 7.36. The molecule has 9 nitrogen and oxygen atoms in total. The van der Waals surface area contributed by atoms with Crippen LogP contribution in [0.15, 0.2) is 36.5 Å². The van der Waals surface area contributed by atoms with E-state index in [0.717, 1.165) is 44.9 Å². The average molecular weight is 808 g/mol. The van der Waals surface area contributed by atoms with Crippen molar-refractivity contribution >= 4 is 5.91 Å². The van der Waals surface area contributed by atoms with Gasteiger partial charge in [-0.05, 0) is 51.4 Å². The van der Waals surface area contributed by atoms with Gasteiger partial charge in [-0.1, -0.05) is 185 Å². The molecule has 334 valence electrons. The van der Waals surface area contributed by atoms with Gasteiger partial charge in [0.25, 0.3) is 0 Å². The van der Waals surface area contributed by atoms with E-state index < -0.39 is 49.5 Å². The molecule has 1 heterocycles. The highest BCUT2D eigenvalue weighted by Crippen LogP contribution is 2.22. The summed E-state index contributed by atoms with van der Waals surface area (Å²) in [5.41, 5.74) is 0. The summed E-state index contributed by atoms with van der Waals surface area (Å²) in [5, 5.41) is 54.0. The van der Waals surface area contributed by atoms with Crippen molar-refractivity contribution in [2.24, 2.45) is 0 Å². The number of ether oxygens (including phenoxy) is 2. The quantitative estimate of drug-likeness (QED) is 0.0266. The lowest BCUT2D eigenvalue weighted by Gasteiger charge is -2.40. The molecule has 0 radical (unpaired) electrons. The minimum atomic E-state index is -1.56. The molecule has 7 unspecified atom stereocenters. The predicted molar refractivity (Wildman–Crippen MR) is 235 cm³/mol. The van der Waals surface area contributed by atoms with Crippen molar-refractivity contribution in [3.63, 3.8) is 0 Å². The Labute approximate surface area is 349 Å². The van der Waals surface area contributed by atoms with Crippen molar-refractivity contribution in [2.45, 2.75) is 249 Å². The molecule has 0 bridgehead atoms. The van der Waals surface area contributed by atoms with Crippen molar-refractivity contribution < 1.29 is 39.8 Å². The molecule has 57 heavy (non-hydrogen) atoms. The molecule has 7 atom stereocenters. The number of nitrogens with one attached hydrogen (secondary N) is 1. The standard InChI is InChI=1S/C48H89NO8/c1-3-5-7-9-11-13-14-15-16-17-18-19-20-21-22-23-24-25-26-27-28-30-32-34-36-38-44(52)49-41(42(51)37-35-33-31-29-12-10-8-6-4-2)40-56-48-47(55)46(54)45(53)43(39-50)57-48/h14-15,17-18,35,37,41-43,45-48,50-51,53-55H,3-13,16,19-34,36,38-40H2,1-2H3,(H,49,52)/b15-14-,18-17-,37-35+. The Morgan fingerprint density at radius 1 is 0.596 bits per heavy atom. The van der Waals surface area contributed by atoms with E-state index in [1.54, 1.807) is 6.08 Å². The Morgan fingerprint density at radius 3 is 1.51 bits per heavy atom. The maximum atomic E-state index is 12.9. The Kier molecular flexibility index (Phi) is 36.2. The molecule has 0 saturated carbocycles. The first kappa shape index (κ1) is 53.4. The average Bonchev–Trinajstić information content (AvgIpc) is 3.21. The van der Waals surface area contributed by atoms with Crippen LogP contribution in [0.25, 0.3) is 0 Å². The monoisotopic (exact) mass is 808 g/mol. The van der Waals surface area contributed by atoms with E-state index in [-0.39, 0.29) is 12.5 Å². The van der Waals surface area contributed by atoms with Gasteiger partial charge in [0.15, 0.2) is 6.29 Å². The number of rotatable bonds is 39. The van der Waals surface area contributed by atoms with Crippen LogP contribution < -0.4 is 5.32 Å². The van der Waals surface area contributed by atoms with Gasteiger partial charge in [0.05, 0.1) is 25.4 Å². The van der Waals surface area contributed by atoms with Crippen LogP contribution in [0, 0.1) is 0 Å². The van der Waals surface area contributed by atoms with Crippen molar-refractivity contribution in [3.8, 4) is 0 Å². The van der Waals surface area contributed by atoms with Gasteiger partial charge in [0.1, 0.15) is 24.4 Å². The number of carbonyl (C=O) groups is 1. The van der Waals surface area contributed by atoms with Gasteiger partial charge in [-0.25, -0.2) is 0 Å². The fraction of sp³-hybridized carbons (Fsp3) is 0.854. The van der Waals surface area contributed by atoms with Crippen molar-refractivity contribution in [2.75, 3.05) is 13.2 Å². The normalized spacial score (nSPS) is 21.3. The second-order valence-electron chi connectivity index (χ2n) is 16.5. The van der Waals surface area contributed by atoms with Gasteiger partial charge in [-0.3, -0.25) is 4.79 Å². The molecule has 0 aromatic carbocycles. The summed E-state index contributed by atoms with van der Waals surface area (Å²) in [7, 11) is 0. The van der Waals surface area contributed by atoms with Crippen LogP contribution in [0.1, 0.15) is 206 Å². The second kappa shape index (κ2) is 38.6. The second-order valence-corrected chi connectivity index (χ2v) is 16.5. The van der Waals surface area contributed by atoms with Gasteiger partial charge in [-0.2, -0.15) is 0 Å². The number of aliphatic hydroxyl groups excluding tert-OH is 5. The summed E-state index contributed by atoms with van der Waals surface area (Å²) in [4.78, 5) is 12.9. The lowest BCUT2D eigenvalue weighted by molar-refractivity contribution is -0.302. The third-order valence-corrected chi connectivity index (χ3v) is 11.2. The van der Waals surface area contributed by atoms with Crippen LogP contribution in [-0.4, -0.2) is 87.5 Å². The summed E-state index contributed by atoms with van der Waals surface area (Å²) in [6.45, 7) is 3.73. The lowest BCUT2D eigenvalue weighted by Crippen LogP contribution is -2.60. The molecule has 0 spiro atoms. The minimum Gasteiger partial charge on any atom is -0.394 e. The Bertz CT molecular complexity index is 987. The van der Waals surface area contributed by atoms with Gasteiger partial charge in [0.2, 0.25) is 5.91 Å². The van der Waals surface area contributed by atoms with Crippen LogP contribution in [0.5, 0.6) is 0 Å². The Morgan fingerprint density at radius 2 is 1.04 bits per heavy atom. The first-order valence-corrected chi connectivity index (χ1v) is 23.7. The molecule has 6 N–H and O–H groups in total. The molecule has 0 aromatic rings. The maximum absolute atomic E-state index is 12.9. The van der Waals surface area contributed by atoms with Gasteiger partial charge >= 0.3 is 0 Å². The molecule has 1 aliphatic heterocycles. The van der Waals surface area contributed by atoms with E-state index >= 15 is 0 Å². The summed E-state index contributed by atoms with van der Waals surface area (Å²) in [6, 6.07) is -0.801. The number of aliphatic hydroxyl groups is 5. The summed E-state index contributed by atoms with van der Waals surface area (Å²) >= 11 is 0. The van der Waals surface area contributed by atoms with Gasteiger partial charge in [-0.15, -0.1) is 0 Å². The predicted octanol–water partition coefficient (Wildman–Crippen LogP) is 10.1. The third kappa shape index (κ3) is 29.3. The van der Waals surface area contributed by atoms with Crippen LogP contribution in [0.3, 0.4) is 0 Å². The van der Waals surface area contributed by atoms with Crippen molar-refractivity contribution in [3.05, 3.63) is 36.5 Å². The number of hydrogen-bond acceptors (Lipinski definition) is 8. The maximum Gasteiger partial charge on any atom is 0.220 e. The lowest BCUT2D eigenvalue weighted by atomic mass is 9.99. The highest BCUT2D eigenvalue weighted by atomic mass is 16.7. The molecule has 9 heteroatoms. The van der Waals surface area contributed by atoms with E-state index in [1.165, 1.54) is 141 Å². The topological polar surface area (TPSA) is 149 Å². The largest absolute Gasteiger partial charge is 0.394 e. The first-order chi connectivity index (χ1) is 27.8. The molecular weight excluding hydrogens is 719 g/mol. The molecule has 1 aliphatic rings. The van der Waals surface area contributed by atoms with Crippen molar-refractivity contribution in [1.29, 1.82) is 0 Å². The van der Waals surface area contributed by atoms with E-state index in [0.29, 0.717) is 6.42 Å². The number of carbonyl (C=O) groups excluding carboxylic acids is 1. The Hall–Kier alpha value is -1.59. The van der Waals surface area contributed by atoms with E-state index in [4.69, 9.17) is 9.47 Å². The first-order valence-electron chi connectivity index (χ1n) is 23.7. The van der Waals surface area contributed by atoms with E-state index in [2.05, 4.69) is 43.5 Å². The van der Waals surface area contributed by atoms with E-state index in [1.807, 2.05) is 6.08 Å². The van der Waals surface area contributed by atoms with Crippen LogP contribution in [0.2, 0.25) is 0 Å². The number of unbranched alkanes of at least 4 members (excludes halogenated alkanes) is 25. The number of amides is 1. The van der Waals surface area contributed by atoms with Gasteiger partial charge in [0, 0.05) is 6.42 Å². The number of hydrogen-bond donors (Lipinski definition) is 6. The molecular formula is C48H89NO8. The van der Waals surface area contributed by atoms with Crippen LogP contribution >= 0.6 is 0 Å². The molecule has 1 amide bonds. The summed E-state index contributed by atoms with van der Waals surface area (Å²) in [6.07, 6.45) is 40.6. The molecule has 0 aliphatic carbocycles. The van der Waals surface area contributed by atoms with Crippen LogP contribution in [-0.2, 0) is 14.3 Å². The summed E-state index contributed by atoms with van der Waals surface area (Å²) in [5.74, 6) is -0.181. The minimum absolute atomic E-state index is 0.181. The van der Waals surface area contributed by atoms with Crippen LogP contribution in [0.4, 0.5) is 0 Å². The van der Waals surface area contributed by atoms with Crippen molar-refractivity contribution in [1.82, 2.24) is 5.32 Å². The summed E-state index contributed by atoms with van der Waals surface area (Å²) < 4.78 is 11.2. The molecule has 1 saturated heterocycles. The molecule has 0 aromatic heterocycles. The van der Waals surface area contributed by atoms with E-state index in [9.17, 15) is 30.3 Å². The highest BCUT2D eigenvalue weighted by Gasteiger charge is 2.44. The smallest absolute Gasteiger partial charge is 0.220 e. The Balaban J connectivity index is 2.21. The fourth-order valence-electron chi connectivity index (χ4n) is 7.36. The zero-order valence-electron chi connectivity index (χ0n) is 36.6. The highest BCUT2D eigenvalue weighted by molar-refractivity contribution is 5.76. The number of allylic oxidation sites excluding steroid dienone is 5. The molecule has 1 fully saturated rings. The SMILES string of the molecule is CCCCCCC/C=C\C/C=C\CCCCCCCCCCCCCCCC(=O)NC(COC1OC(CO)C(O)C(O)C1O)C(O)/C=C/CCCCCCCCC. The van der Waals surface area contributed by atoms with Gasteiger partial charge < -0.3 is 40.3 Å². The zero-order valence-corrected chi connectivity index (χ0v) is 36.6.